The van der Waals surface area contributed by atoms with Gasteiger partial charge in [0, 0.05) is 0 Å². The molecule has 1 aromatic rings. The van der Waals surface area contributed by atoms with Crippen molar-refractivity contribution < 1.29 is 15.0 Å². The summed E-state index contributed by atoms with van der Waals surface area (Å²) in [6.45, 7) is 1.72. The Morgan fingerprint density at radius 1 is 1.35 bits per heavy atom. The Balaban J connectivity index is 2.84. The lowest BCUT2D eigenvalue weighted by Gasteiger charge is -2.18. The second-order valence-corrected chi connectivity index (χ2v) is 3.84. The van der Waals surface area contributed by atoms with Crippen LogP contribution in [-0.2, 0) is 4.79 Å². The lowest BCUT2D eigenvalue weighted by molar-refractivity contribution is -0.119. The summed E-state index contributed by atoms with van der Waals surface area (Å²) in [4.78, 5) is 11.6. The van der Waals surface area contributed by atoms with Gasteiger partial charge in [-0.3, -0.25) is 4.79 Å². The van der Waals surface area contributed by atoms with E-state index in [1.54, 1.807) is 13.0 Å². The molecule has 0 spiro atoms. The number of phenols is 2. The zero-order valence-corrected chi connectivity index (χ0v) is 9.55. The summed E-state index contributed by atoms with van der Waals surface area (Å²) in [6.07, 6.45) is 3.07. The first-order valence-electron chi connectivity index (χ1n) is 5.19. The lowest BCUT2D eigenvalue weighted by atomic mass is 10.0. The molecule has 0 saturated heterocycles. The van der Waals surface area contributed by atoms with E-state index < -0.39 is 11.4 Å². The minimum Gasteiger partial charge on any atom is -0.504 e. The highest BCUT2D eigenvalue weighted by Crippen LogP contribution is 2.25. The van der Waals surface area contributed by atoms with Crippen molar-refractivity contribution in [3.63, 3.8) is 0 Å². The molecule has 0 radical (unpaired) electrons. The third-order valence-electron chi connectivity index (χ3n) is 2.47. The first-order chi connectivity index (χ1) is 7.86. The summed E-state index contributed by atoms with van der Waals surface area (Å²) in [6, 6.07) is 4.22. The van der Waals surface area contributed by atoms with E-state index in [2.05, 4.69) is 0 Å². The Bertz CT molecular complexity index is 453. The van der Waals surface area contributed by atoms with Crippen LogP contribution in [0.25, 0.3) is 6.08 Å². The first kappa shape index (κ1) is 13.2. The van der Waals surface area contributed by atoms with Crippen molar-refractivity contribution in [3.8, 4) is 11.5 Å². The molecule has 1 rings (SSSR count). The SMILES string of the molecule is CCC(N)(N)C(=O)C=Cc1ccc(O)c(O)c1. The first-order valence-corrected chi connectivity index (χ1v) is 5.19. The molecule has 6 N–H and O–H groups in total. The Hall–Kier alpha value is -1.85. The van der Waals surface area contributed by atoms with Crippen LogP contribution in [-0.4, -0.2) is 21.7 Å². The molecule has 1 aromatic carbocycles. The molecule has 0 aliphatic heterocycles. The van der Waals surface area contributed by atoms with E-state index in [-0.39, 0.29) is 11.5 Å². The molecule has 0 fully saturated rings. The minimum atomic E-state index is -1.37. The molecular formula is C12H16N2O3. The number of hydrogen-bond donors (Lipinski definition) is 4. The topological polar surface area (TPSA) is 110 Å². The van der Waals surface area contributed by atoms with Gasteiger partial charge in [0.25, 0.3) is 0 Å². The van der Waals surface area contributed by atoms with Gasteiger partial charge < -0.3 is 21.7 Å². The number of nitrogens with two attached hydrogens (primary N) is 2. The molecule has 0 unspecified atom stereocenters. The molecule has 0 atom stereocenters. The Morgan fingerprint density at radius 2 is 2.00 bits per heavy atom. The van der Waals surface area contributed by atoms with Crippen LogP contribution in [0.15, 0.2) is 24.3 Å². The van der Waals surface area contributed by atoms with Crippen molar-refractivity contribution in [3.05, 3.63) is 29.8 Å². The van der Waals surface area contributed by atoms with Crippen molar-refractivity contribution in [1.29, 1.82) is 0 Å². The number of carbonyl (C=O) groups excluding carboxylic acids is 1. The van der Waals surface area contributed by atoms with Gasteiger partial charge in [-0.05, 0) is 30.2 Å². The minimum absolute atomic E-state index is 0.214. The molecule has 0 heterocycles. The smallest absolute Gasteiger partial charge is 0.189 e. The fraction of sp³-hybridized carbons (Fsp3) is 0.250. The van der Waals surface area contributed by atoms with Gasteiger partial charge in [-0.25, -0.2) is 0 Å². The average molecular weight is 236 g/mol. The quantitative estimate of drug-likeness (QED) is 0.349. The molecule has 17 heavy (non-hydrogen) atoms. The summed E-state index contributed by atoms with van der Waals surface area (Å²) in [7, 11) is 0. The number of benzene rings is 1. The van der Waals surface area contributed by atoms with Crippen molar-refractivity contribution in [2.45, 2.75) is 19.0 Å². The maximum absolute atomic E-state index is 11.6. The van der Waals surface area contributed by atoms with E-state index in [9.17, 15) is 9.90 Å². The molecule has 0 aromatic heterocycles. The van der Waals surface area contributed by atoms with E-state index in [1.807, 2.05) is 0 Å². The van der Waals surface area contributed by atoms with Crippen LogP contribution >= 0.6 is 0 Å². The summed E-state index contributed by atoms with van der Waals surface area (Å²) in [5, 5.41) is 18.4. The highest BCUT2D eigenvalue weighted by atomic mass is 16.3. The third-order valence-corrected chi connectivity index (χ3v) is 2.47. The monoisotopic (exact) mass is 236 g/mol. The highest BCUT2D eigenvalue weighted by Gasteiger charge is 2.23. The summed E-state index contributed by atoms with van der Waals surface area (Å²) in [5.74, 6) is -0.858. The summed E-state index contributed by atoms with van der Waals surface area (Å²) >= 11 is 0. The van der Waals surface area contributed by atoms with Crippen molar-refractivity contribution in [2.75, 3.05) is 0 Å². The molecule has 0 aliphatic rings. The second kappa shape index (κ2) is 4.99. The van der Waals surface area contributed by atoms with Gasteiger partial charge in [-0.1, -0.05) is 19.1 Å². The summed E-state index contributed by atoms with van der Waals surface area (Å²) < 4.78 is 0. The number of ketones is 1. The van der Waals surface area contributed by atoms with Gasteiger partial charge in [0.2, 0.25) is 0 Å². The largest absolute Gasteiger partial charge is 0.504 e. The zero-order valence-electron chi connectivity index (χ0n) is 9.55. The Labute approximate surface area is 99.4 Å². The van der Waals surface area contributed by atoms with Gasteiger partial charge in [0.15, 0.2) is 17.3 Å². The maximum atomic E-state index is 11.6. The van der Waals surface area contributed by atoms with Crippen LogP contribution in [0.5, 0.6) is 11.5 Å². The molecule has 92 valence electrons. The number of rotatable bonds is 4. The van der Waals surface area contributed by atoms with Crippen LogP contribution in [0.2, 0.25) is 0 Å². The van der Waals surface area contributed by atoms with Crippen molar-refractivity contribution in [2.24, 2.45) is 11.5 Å². The Kier molecular flexibility index (Phi) is 3.88. The van der Waals surface area contributed by atoms with E-state index in [0.29, 0.717) is 12.0 Å². The van der Waals surface area contributed by atoms with Gasteiger partial charge in [-0.15, -0.1) is 0 Å². The molecule has 0 saturated carbocycles. The number of hydrogen-bond acceptors (Lipinski definition) is 5. The second-order valence-electron chi connectivity index (χ2n) is 3.84. The summed E-state index contributed by atoms with van der Waals surface area (Å²) in [5.41, 5.74) is 10.3. The molecule has 0 bridgehead atoms. The fourth-order valence-electron chi connectivity index (χ4n) is 1.15. The van der Waals surface area contributed by atoms with Crippen LogP contribution in [0.3, 0.4) is 0 Å². The van der Waals surface area contributed by atoms with E-state index in [1.165, 1.54) is 24.3 Å². The van der Waals surface area contributed by atoms with Gasteiger partial charge in [0.05, 0.1) is 0 Å². The predicted molar refractivity (Wildman–Crippen MR) is 65.2 cm³/mol. The van der Waals surface area contributed by atoms with E-state index >= 15 is 0 Å². The average Bonchev–Trinajstić information content (AvgIpc) is 2.30. The zero-order chi connectivity index (χ0) is 13.1. The van der Waals surface area contributed by atoms with Crippen molar-refractivity contribution >= 4 is 11.9 Å². The Morgan fingerprint density at radius 3 is 2.53 bits per heavy atom. The molecule has 0 amide bonds. The maximum Gasteiger partial charge on any atom is 0.189 e. The molecule has 5 heteroatoms. The van der Waals surface area contributed by atoms with Crippen LogP contribution in [0.4, 0.5) is 0 Å². The van der Waals surface area contributed by atoms with Gasteiger partial charge in [0.1, 0.15) is 5.66 Å². The van der Waals surface area contributed by atoms with E-state index in [0.717, 1.165) is 0 Å². The highest BCUT2D eigenvalue weighted by molar-refractivity contribution is 6.00. The van der Waals surface area contributed by atoms with Crippen LogP contribution < -0.4 is 11.5 Å². The number of phenolic OH excluding ortho intramolecular Hbond substituents is 2. The lowest BCUT2D eigenvalue weighted by Crippen LogP contribution is -2.55. The third kappa shape index (κ3) is 3.30. The molecular weight excluding hydrogens is 220 g/mol. The van der Waals surface area contributed by atoms with E-state index in [4.69, 9.17) is 16.6 Å². The van der Waals surface area contributed by atoms with Crippen LogP contribution in [0.1, 0.15) is 18.9 Å². The standard InChI is InChI=1S/C12H16N2O3/c1-2-12(13,14)11(17)6-4-8-3-5-9(15)10(16)7-8/h3-7,15-16H,2,13-14H2,1H3. The number of carbonyl (C=O) groups is 1. The number of aromatic hydroxyl groups is 2. The van der Waals surface area contributed by atoms with Crippen molar-refractivity contribution in [1.82, 2.24) is 0 Å². The van der Waals surface area contributed by atoms with Gasteiger partial charge >= 0.3 is 0 Å². The molecule has 0 aliphatic carbocycles. The van der Waals surface area contributed by atoms with Gasteiger partial charge in [-0.2, -0.15) is 0 Å². The predicted octanol–water partition coefficient (Wildman–Crippen LogP) is 0.704. The molecule has 5 nitrogen and oxygen atoms in total. The van der Waals surface area contributed by atoms with Crippen LogP contribution in [0, 0.1) is 0 Å². The normalized spacial score (nSPS) is 11.9. The fourth-order valence-corrected chi connectivity index (χ4v) is 1.15.